The van der Waals surface area contributed by atoms with Crippen molar-refractivity contribution in [3.63, 3.8) is 0 Å². The Labute approximate surface area is 132 Å². The van der Waals surface area contributed by atoms with Crippen LogP contribution in [0, 0.1) is 0 Å². The summed E-state index contributed by atoms with van der Waals surface area (Å²) < 4.78 is 0.824. The number of halogens is 3. The van der Waals surface area contributed by atoms with Crippen molar-refractivity contribution in [3.05, 3.63) is 55.2 Å². The highest BCUT2D eigenvalue weighted by Crippen LogP contribution is 2.26. The zero-order valence-corrected chi connectivity index (χ0v) is 13.5. The Kier molecular flexibility index (Phi) is 5.55. The van der Waals surface area contributed by atoms with E-state index in [0.717, 1.165) is 27.9 Å². The average molecular weight is 335 g/mol. The highest BCUT2D eigenvalue weighted by Gasteiger charge is 2.08. The maximum absolute atomic E-state index is 6.14. The normalized spacial score (nSPS) is 12.6. The van der Waals surface area contributed by atoms with Gasteiger partial charge in [0.2, 0.25) is 0 Å². The first kappa shape index (κ1) is 15.1. The summed E-state index contributed by atoms with van der Waals surface area (Å²) in [5, 5.41) is 4.86. The van der Waals surface area contributed by atoms with Crippen molar-refractivity contribution >= 4 is 46.1 Å². The van der Waals surface area contributed by atoms with Crippen molar-refractivity contribution < 1.29 is 0 Å². The van der Waals surface area contributed by atoms with Gasteiger partial charge in [-0.05, 0) is 49.7 Å². The monoisotopic (exact) mass is 333 g/mol. The van der Waals surface area contributed by atoms with Crippen LogP contribution in [0.25, 0.3) is 0 Å². The predicted octanol–water partition coefficient (Wildman–Crippen LogP) is 5.60. The first-order chi connectivity index (χ1) is 9.06. The van der Waals surface area contributed by atoms with Crippen LogP contribution in [-0.2, 0) is 6.42 Å². The van der Waals surface area contributed by atoms with E-state index < -0.39 is 0 Å². The number of thiophene rings is 1. The fourth-order valence-corrected chi connectivity index (χ4v) is 3.40. The molecule has 1 heterocycles. The zero-order valence-electron chi connectivity index (χ0n) is 10.4. The molecule has 0 aliphatic carbocycles. The molecular formula is C14H14Cl3NS. The van der Waals surface area contributed by atoms with Gasteiger partial charge in [0.05, 0.1) is 4.34 Å². The minimum atomic E-state index is 0.295. The van der Waals surface area contributed by atoms with E-state index in [2.05, 4.69) is 18.3 Å². The van der Waals surface area contributed by atoms with Crippen LogP contribution in [0.15, 0.2) is 30.3 Å². The molecule has 0 saturated carbocycles. The van der Waals surface area contributed by atoms with Gasteiger partial charge >= 0.3 is 0 Å². The lowest BCUT2D eigenvalue weighted by atomic mass is 10.1. The van der Waals surface area contributed by atoms with Gasteiger partial charge in [-0.2, -0.15) is 0 Å². The van der Waals surface area contributed by atoms with Crippen LogP contribution in [-0.4, -0.2) is 6.54 Å². The average Bonchev–Trinajstić information content (AvgIpc) is 2.78. The molecule has 0 aliphatic rings. The summed E-state index contributed by atoms with van der Waals surface area (Å²) in [6.07, 6.45) is 0.874. The topological polar surface area (TPSA) is 12.0 Å². The largest absolute Gasteiger partial charge is 0.309 e. The molecule has 0 radical (unpaired) electrons. The van der Waals surface area contributed by atoms with Gasteiger partial charge in [-0.25, -0.2) is 0 Å². The third-order valence-corrected chi connectivity index (χ3v) is 4.88. The first-order valence-corrected chi connectivity index (χ1v) is 7.94. The van der Waals surface area contributed by atoms with Crippen LogP contribution in [0.4, 0.5) is 0 Å². The van der Waals surface area contributed by atoms with E-state index in [1.807, 2.05) is 18.2 Å². The minimum absolute atomic E-state index is 0.295. The summed E-state index contributed by atoms with van der Waals surface area (Å²) in [5.74, 6) is 0. The third kappa shape index (κ3) is 4.37. The molecule has 1 N–H and O–H groups in total. The van der Waals surface area contributed by atoms with Crippen LogP contribution in [0.2, 0.25) is 14.4 Å². The lowest BCUT2D eigenvalue weighted by Crippen LogP contribution is -2.20. The summed E-state index contributed by atoms with van der Waals surface area (Å²) in [6, 6.07) is 9.89. The highest BCUT2D eigenvalue weighted by atomic mass is 35.5. The highest BCUT2D eigenvalue weighted by molar-refractivity contribution is 7.16. The van der Waals surface area contributed by atoms with Crippen molar-refractivity contribution in [1.82, 2.24) is 5.32 Å². The number of benzene rings is 1. The van der Waals surface area contributed by atoms with Gasteiger partial charge in [-0.15, -0.1) is 11.3 Å². The Hall–Kier alpha value is -0.250. The molecule has 19 heavy (non-hydrogen) atoms. The van der Waals surface area contributed by atoms with Gasteiger partial charge < -0.3 is 5.32 Å². The van der Waals surface area contributed by atoms with Gasteiger partial charge in [0.15, 0.2) is 0 Å². The van der Waals surface area contributed by atoms with Crippen molar-refractivity contribution in [2.75, 3.05) is 6.54 Å². The summed E-state index contributed by atoms with van der Waals surface area (Å²) in [5.41, 5.74) is 1.11. The van der Waals surface area contributed by atoms with E-state index in [1.165, 1.54) is 4.88 Å². The Morgan fingerprint density at radius 2 is 1.95 bits per heavy atom. The molecule has 1 atom stereocenters. The van der Waals surface area contributed by atoms with E-state index in [1.54, 1.807) is 17.4 Å². The Balaban J connectivity index is 1.86. The first-order valence-electron chi connectivity index (χ1n) is 5.99. The maximum atomic E-state index is 6.14. The molecule has 0 saturated heterocycles. The van der Waals surface area contributed by atoms with Gasteiger partial charge in [0.25, 0.3) is 0 Å². The zero-order chi connectivity index (χ0) is 13.8. The molecule has 0 fully saturated rings. The van der Waals surface area contributed by atoms with Gasteiger partial charge in [-0.1, -0.05) is 40.9 Å². The third-order valence-electron chi connectivity index (χ3n) is 2.88. The lowest BCUT2D eigenvalue weighted by Gasteiger charge is -2.12. The van der Waals surface area contributed by atoms with E-state index in [4.69, 9.17) is 34.8 Å². The molecule has 1 aromatic carbocycles. The summed E-state index contributed by atoms with van der Waals surface area (Å²) in [4.78, 5) is 1.24. The van der Waals surface area contributed by atoms with Crippen molar-refractivity contribution in [1.29, 1.82) is 0 Å². The second-order valence-electron chi connectivity index (χ2n) is 4.30. The number of hydrogen-bond donors (Lipinski definition) is 1. The van der Waals surface area contributed by atoms with Gasteiger partial charge in [0.1, 0.15) is 0 Å². The minimum Gasteiger partial charge on any atom is -0.309 e. The summed E-state index contributed by atoms with van der Waals surface area (Å²) >= 11 is 19.5. The molecule has 0 aliphatic heterocycles. The molecule has 0 amide bonds. The van der Waals surface area contributed by atoms with Crippen molar-refractivity contribution in [2.45, 2.75) is 19.4 Å². The van der Waals surface area contributed by atoms with Crippen LogP contribution < -0.4 is 5.32 Å². The van der Waals surface area contributed by atoms with Crippen LogP contribution in [0.1, 0.15) is 23.4 Å². The molecule has 102 valence electrons. The van der Waals surface area contributed by atoms with E-state index in [9.17, 15) is 0 Å². The SMILES string of the molecule is CC(NCCc1ccc(Cl)cc1Cl)c1ccc(Cl)s1. The Morgan fingerprint density at radius 3 is 2.58 bits per heavy atom. The Morgan fingerprint density at radius 1 is 1.16 bits per heavy atom. The van der Waals surface area contributed by atoms with E-state index in [-0.39, 0.29) is 0 Å². The molecule has 5 heteroatoms. The summed E-state index contributed by atoms with van der Waals surface area (Å²) in [6.45, 7) is 2.99. The molecule has 1 aromatic heterocycles. The van der Waals surface area contributed by atoms with Crippen molar-refractivity contribution in [3.8, 4) is 0 Å². The molecule has 1 nitrogen and oxygen atoms in total. The number of hydrogen-bond acceptors (Lipinski definition) is 2. The van der Waals surface area contributed by atoms with Gasteiger partial charge in [0, 0.05) is 21.0 Å². The molecule has 0 bridgehead atoms. The standard InChI is InChI=1S/C14H14Cl3NS/c1-9(13-4-5-14(17)19-13)18-7-6-10-2-3-11(15)8-12(10)16/h2-5,8-9,18H,6-7H2,1H3. The second kappa shape index (κ2) is 6.96. The second-order valence-corrected chi connectivity index (χ2v) is 6.89. The maximum Gasteiger partial charge on any atom is 0.0931 e. The van der Waals surface area contributed by atoms with Crippen LogP contribution >= 0.6 is 46.1 Å². The van der Waals surface area contributed by atoms with Crippen LogP contribution in [0.5, 0.6) is 0 Å². The summed E-state index contributed by atoms with van der Waals surface area (Å²) in [7, 11) is 0. The fourth-order valence-electron chi connectivity index (χ4n) is 1.81. The molecular weight excluding hydrogens is 321 g/mol. The molecule has 2 rings (SSSR count). The quantitative estimate of drug-likeness (QED) is 0.750. The van der Waals surface area contributed by atoms with Crippen LogP contribution in [0.3, 0.4) is 0 Å². The lowest BCUT2D eigenvalue weighted by molar-refractivity contribution is 0.585. The van der Waals surface area contributed by atoms with Crippen molar-refractivity contribution in [2.24, 2.45) is 0 Å². The molecule has 1 unspecified atom stereocenters. The van der Waals surface area contributed by atoms with E-state index >= 15 is 0 Å². The molecule has 2 aromatic rings. The molecule has 0 spiro atoms. The predicted molar refractivity (Wildman–Crippen MR) is 85.9 cm³/mol. The number of rotatable bonds is 5. The van der Waals surface area contributed by atoms with E-state index in [0.29, 0.717) is 11.1 Å². The van der Waals surface area contributed by atoms with Gasteiger partial charge in [-0.3, -0.25) is 0 Å². The number of nitrogens with one attached hydrogen (secondary N) is 1. The smallest absolute Gasteiger partial charge is 0.0931 e. The Bertz CT molecular complexity index is 553. The fraction of sp³-hybridized carbons (Fsp3) is 0.286.